The van der Waals surface area contributed by atoms with Gasteiger partial charge >= 0.3 is 0 Å². The second-order valence-corrected chi connectivity index (χ2v) is 5.89. The largest absolute Gasteiger partial charge is 0.744 e. The molecule has 126 valence electrons. The molecule has 2 aromatic carbocycles. The van der Waals surface area contributed by atoms with Crippen LogP contribution in [0.1, 0.15) is 21.5 Å². The Morgan fingerprint density at radius 3 is 1.79 bits per heavy atom. The van der Waals surface area contributed by atoms with E-state index in [1.807, 2.05) is 0 Å². The highest BCUT2D eigenvalue weighted by molar-refractivity contribution is 7.85. The lowest BCUT2D eigenvalue weighted by Crippen LogP contribution is -2.17. The molecule has 0 N–H and O–H groups in total. The zero-order valence-corrected chi connectivity index (χ0v) is 12.5. The molecule has 0 unspecified atom stereocenters. The topological polar surface area (TPSA) is 74.3 Å². The average Bonchev–Trinajstić information content (AvgIpc) is 2.52. The zero-order valence-electron chi connectivity index (χ0n) is 11.6. The van der Waals surface area contributed by atoms with E-state index < -0.39 is 49.6 Å². The van der Waals surface area contributed by atoms with Crippen LogP contribution in [0.4, 0.5) is 17.6 Å². The van der Waals surface area contributed by atoms with Gasteiger partial charge < -0.3 is 4.55 Å². The Bertz CT molecular complexity index is 921. The van der Waals surface area contributed by atoms with Crippen LogP contribution < -0.4 is 0 Å². The van der Waals surface area contributed by atoms with Crippen molar-refractivity contribution in [2.45, 2.75) is 4.90 Å². The van der Waals surface area contributed by atoms with Gasteiger partial charge in [-0.1, -0.05) is 36.9 Å². The Kier molecular flexibility index (Phi) is 4.59. The molecule has 0 atom stereocenters. The van der Waals surface area contributed by atoms with Gasteiger partial charge in [-0.3, -0.25) is 4.79 Å². The molecule has 0 aromatic heterocycles. The lowest BCUT2D eigenvalue weighted by Gasteiger charge is -2.13. The van der Waals surface area contributed by atoms with Crippen LogP contribution in [0.15, 0.2) is 35.7 Å². The third-order valence-electron chi connectivity index (χ3n) is 3.11. The van der Waals surface area contributed by atoms with Gasteiger partial charge in [-0.15, -0.1) is 0 Å². The molecule has 0 saturated carbocycles. The molecule has 24 heavy (non-hydrogen) atoms. The number of halogens is 4. The Morgan fingerprint density at radius 1 is 0.958 bits per heavy atom. The van der Waals surface area contributed by atoms with Crippen LogP contribution in [0.2, 0.25) is 0 Å². The molecule has 0 aliphatic rings. The first-order valence-corrected chi connectivity index (χ1v) is 7.59. The molecule has 2 aromatic rings. The molecule has 0 aliphatic carbocycles. The van der Waals surface area contributed by atoms with Crippen LogP contribution >= 0.6 is 0 Å². The lowest BCUT2D eigenvalue weighted by molar-refractivity contribution is 0.102. The van der Waals surface area contributed by atoms with Gasteiger partial charge in [0.1, 0.15) is 20.6 Å². The molecule has 0 bridgehead atoms. The quantitative estimate of drug-likeness (QED) is 0.364. The second kappa shape index (κ2) is 6.17. The van der Waals surface area contributed by atoms with Crippen LogP contribution in [0.3, 0.4) is 0 Å². The number of rotatable bonds is 4. The average molecular weight is 359 g/mol. The van der Waals surface area contributed by atoms with E-state index in [9.17, 15) is 35.3 Å². The van der Waals surface area contributed by atoms with Crippen molar-refractivity contribution >= 4 is 22.0 Å². The summed E-state index contributed by atoms with van der Waals surface area (Å²) >= 11 is 0. The molecule has 0 spiro atoms. The first-order valence-electron chi connectivity index (χ1n) is 6.18. The van der Waals surface area contributed by atoms with E-state index in [0.29, 0.717) is 5.56 Å². The maximum Gasteiger partial charge on any atom is 0.199 e. The van der Waals surface area contributed by atoms with Crippen molar-refractivity contribution in [1.29, 1.82) is 0 Å². The fraction of sp³-hybridized carbons (Fsp3) is 0. The molecule has 0 heterocycles. The van der Waals surface area contributed by atoms with Crippen molar-refractivity contribution in [1.82, 2.24) is 0 Å². The summed E-state index contributed by atoms with van der Waals surface area (Å²) in [6, 6.07) is 4.98. The Hall–Kier alpha value is -2.52. The van der Waals surface area contributed by atoms with Crippen molar-refractivity contribution < 1.29 is 35.3 Å². The molecular formula is C15H7F4O4S-. The normalized spacial score (nSPS) is 11.4. The van der Waals surface area contributed by atoms with Crippen molar-refractivity contribution in [3.63, 3.8) is 0 Å². The molecule has 0 aliphatic heterocycles. The Labute approximate surface area is 133 Å². The molecule has 9 heteroatoms. The smallest absolute Gasteiger partial charge is 0.199 e. The first kappa shape index (κ1) is 17.8. The fourth-order valence-electron chi connectivity index (χ4n) is 1.95. The van der Waals surface area contributed by atoms with Crippen LogP contribution in [0.5, 0.6) is 0 Å². The van der Waals surface area contributed by atoms with Crippen molar-refractivity contribution in [3.05, 3.63) is 70.8 Å². The van der Waals surface area contributed by atoms with E-state index in [0.717, 1.165) is 12.1 Å². The fourth-order valence-corrected chi connectivity index (χ4v) is 2.56. The number of carbonyl (C=O) groups is 1. The highest BCUT2D eigenvalue weighted by Crippen LogP contribution is 2.29. The molecule has 2 rings (SSSR count). The van der Waals surface area contributed by atoms with E-state index in [1.54, 1.807) is 0 Å². The van der Waals surface area contributed by atoms with E-state index >= 15 is 0 Å². The number of benzene rings is 2. The van der Waals surface area contributed by atoms with Gasteiger partial charge in [0.25, 0.3) is 0 Å². The number of ketones is 1. The second-order valence-electron chi connectivity index (χ2n) is 4.57. The Morgan fingerprint density at radius 2 is 1.42 bits per heavy atom. The van der Waals surface area contributed by atoms with Crippen LogP contribution in [0.25, 0.3) is 6.08 Å². The van der Waals surface area contributed by atoms with Crippen LogP contribution in [-0.4, -0.2) is 18.8 Å². The minimum atomic E-state index is -5.83. The number of hydrogen-bond donors (Lipinski definition) is 0. The predicted molar refractivity (Wildman–Crippen MR) is 74.2 cm³/mol. The van der Waals surface area contributed by atoms with Gasteiger partial charge in [0.2, 0.25) is 0 Å². The van der Waals surface area contributed by atoms with Gasteiger partial charge in [-0.25, -0.2) is 26.0 Å². The minimum Gasteiger partial charge on any atom is -0.744 e. The van der Waals surface area contributed by atoms with Crippen LogP contribution in [0, 0.1) is 23.3 Å². The Balaban J connectivity index is 2.71. The van der Waals surface area contributed by atoms with E-state index in [1.165, 1.54) is 18.2 Å². The molecule has 0 saturated heterocycles. The predicted octanol–water partition coefficient (Wildman–Crippen LogP) is 3.02. The molecule has 4 nitrogen and oxygen atoms in total. The molecule has 0 fully saturated rings. The monoisotopic (exact) mass is 359 g/mol. The van der Waals surface area contributed by atoms with Gasteiger partial charge in [0.05, 0.1) is 0 Å². The summed E-state index contributed by atoms with van der Waals surface area (Å²) < 4.78 is 87.3. The van der Waals surface area contributed by atoms with Crippen molar-refractivity contribution in [2.24, 2.45) is 0 Å². The van der Waals surface area contributed by atoms with Gasteiger partial charge in [0.15, 0.2) is 29.1 Å². The first-order chi connectivity index (χ1) is 11.1. The van der Waals surface area contributed by atoms with Crippen molar-refractivity contribution in [3.8, 4) is 0 Å². The lowest BCUT2D eigenvalue weighted by atomic mass is 10.0. The van der Waals surface area contributed by atoms with Gasteiger partial charge in [-0.2, -0.15) is 0 Å². The number of hydrogen-bond acceptors (Lipinski definition) is 4. The third kappa shape index (κ3) is 2.95. The maximum atomic E-state index is 13.9. The summed E-state index contributed by atoms with van der Waals surface area (Å²) in [5.74, 6) is -10.8. The third-order valence-corrected chi connectivity index (χ3v) is 3.97. The zero-order chi connectivity index (χ0) is 18.2. The highest BCUT2D eigenvalue weighted by Gasteiger charge is 2.32. The van der Waals surface area contributed by atoms with Crippen LogP contribution in [-0.2, 0) is 10.1 Å². The SMILES string of the molecule is C=Cc1ccc(C(=O)c2c(F)c(F)c(S(=O)(=O)[O-])c(F)c2F)cc1. The van der Waals surface area contributed by atoms with E-state index in [2.05, 4.69) is 6.58 Å². The standard InChI is InChI=1S/C15H8F4O4S/c1-2-7-3-5-8(6-4-7)14(20)9-10(16)12(18)15(24(21,22)23)13(19)11(9)17/h2-6H,1H2,(H,21,22,23)/p-1. The highest BCUT2D eigenvalue weighted by atomic mass is 32.2. The van der Waals surface area contributed by atoms with Gasteiger partial charge in [-0.05, 0) is 5.56 Å². The molecular weight excluding hydrogens is 352 g/mol. The summed E-state index contributed by atoms with van der Waals surface area (Å²) in [6.45, 7) is 3.46. The molecule has 0 radical (unpaired) electrons. The van der Waals surface area contributed by atoms with Gasteiger partial charge in [0, 0.05) is 5.56 Å². The summed E-state index contributed by atoms with van der Waals surface area (Å²) in [5.41, 5.74) is -1.38. The maximum absolute atomic E-state index is 13.9. The summed E-state index contributed by atoms with van der Waals surface area (Å²) in [5, 5.41) is 0. The minimum absolute atomic E-state index is 0.310. The number of carbonyl (C=O) groups excluding carboxylic acids is 1. The van der Waals surface area contributed by atoms with E-state index in [4.69, 9.17) is 0 Å². The summed E-state index contributed by atoms with van der Waals surface area (Å²) in [7, 11) is -5.83. The summed E-state index contributed by atoms with van der Waals surface area (Å²) in [6.07, 6.45) is 1.42. The van der Waals surface area contributed by atoms with E-state index in [-0.39, 0.29) is 5.56 Å². The molecule has 0 amide bonds. The summed E-state index contributed by atoms with van der Waals surface area (Å²) in [4.78, 5) is 9.78. The van der Waals surface area contributed by atoms with Crippen molar-refractivity contribution in [2.75, 3.05) is 0 Å².